The number of amides is 2. The molecule has 0 fully saturated rings. The van der Waals surface area contributed by atoms with E-state index < -0.39 is 35.4 Å². The molecule has 0 radical (unpaired) electrons. The Morgan fingerprint density at radius 2 is 1.43 bits per heavy atom. The minimum absolute atomic E-state index is 0.0945. The smallest absolute Gasteiger partial charge is 0.420 e. The number of carboxylic acid groups (broad SMARTS) is 1. The number of hydrogen-bond donors (Lipinski definition) is 1. The lowest BCUT2D eigenvalue weighted by Gasteiger charge is -2.31. The molecule has 2 amide bonds. The summed E-state index contributed by atoms with van der Waals surface area (Å²) in [6.45, 7) is 9.77. The van der Waals surface area contributed by atoms with Crippen molar-refractivity contribution in [1.29, 1.82) is 0 Å². The highest BCUT2D eigenvalue weighted by Gasteiger charge is 2.39. The van der Waals surface area contributed by atoms with Crippen molar-refractivity contribution in [2.45, 2.75) is 65.2 Å². The molecule has 1 N–H and O–H groups in total. The van der Waals surface area contributed by atoms with E-state index >= 15 is 0 Å². The topological polar surface area (TPSA) is 93.1 Å². The molecule has 0 aliphatic carbocycles. The predicted molar refractivity (Wildman–Crippen MR) is 106 cm³/mol. The van der Waals surface area contributed by atoms with Crippen LogP contribution in [0.15, 0.2) is 36.4 Å². The van der Waals surface area contributed by atoms with Gasteiger partial charge in [0, 0.05) is 0 Å². The third kappa shape index (κ3) is 8.24. The summed E-state index contributed by atoms with van der Waals surface area (Å²) in [4.78, 5) is 37.5. The van der Waals surface area contributed by atoms with Crippen LogP contribution in [0, 0.1) is 0 Å². The molecule has 1 rings (SSSR count). The number of aliphatic carboxylic acids is 1. The van der Waals surface area contributed by atoms with Crippen LogP contribution < -0.4 is 0 Å². The molecule has 1 aromatic carbocycles. The van der Waals surface area contributed by atoms with E-state index in [1.165, 1.54) is 0 Å². The van der Waals surface area contributed by atoms with Gasteiger partial charge in [0.15, 0.2) is 0 Å². The largest absolute Gasteiger partial charge is 0.480 e. The lowest BCUT2D eigenvalue weighted by atomic mass is 10.1. The molecular formula is C21H29NO6. The van der Waals surface area contributed by atoms with Crippen LogP contribution in [0.1, 0.15) is 53.5 Å². The molecule has 0 bridgehead atoms. The second-order valence-electron chi connectivity index (χ2n) is 8.23. The van der Waals surface area contributed by atoms with Crippen LogP contribution in [-0.2, 0) is 14.3 Å². The fraction of sp³-hybridized carbons (Fsp3) is 0.476. The van der Waals surface area contributed by atoms with E-state index in [-0.39, 0.29) is 6.42 Å². The van der Waals surface area contributed by atoms with E-state index in [0.29, 0.717) is 4.90 Å². The van der Waals surface area contributed by atoms with Crippen LogP contribution in [-0.4, -0.2) is 45.4 Å². The fourth-order valence-electron chi connectivity index (χ4n) is 2.17. The molecule has 0 saturated carbocycles. The van der Waals surface area contributed by atoms with Gasteiger partial charge in [-0.05, 0) is 53.5 Å². The SMILES string of the molecule is CC(C)(C)OC(=O)N(C(=O)OC(C)(C)C)[C@@H](CC=Cc1ccccc1)C(=O)O. The molecule has 0 aliphatic rings. The number of ether oxygens (including phenoxy) is 2. The van der Waals surface area contributed by atoms with Gasteiger partial charge >= 0.3 is 18.2 Å². The Kier molecular flexibility index (Phi) is 7.78. The van der Waals surface area contributed by atoms with Crippen LogP contribution in [0.4, 0.5) is 9.59 Å². The second kappa shape index (κ2) is 9.39. The number of carboxylic acids is 1. The van der Waals surface area contributed by atoms with Gasteiger partial charge in [0.1, 0.15) is 17.2 Å². The van der Waals surface area contributed by atoms with E-state index in [1.54, 1.807) is 53.7 Å². The summed E-state index contributed by atoms with van der Waals surface area (Å²) in [5.74, 6) is -1.34. The number of benzene rings is 1. The molecule has 1 atom stereocenters. The Labute approximate surface area is 165 Å². The average molecular weight is 391 g/mol. The van der Waals surface area contributed by atoms with Gasteiger partial charge in [0.05, 0.1) is 0 Å². The Morgan fingerprint density at radius 1 is 0.964 bits per heavy atom. The quantitative estimate of drug-likeness (QED) is 0.781. The highest BCUT2D eigenvalue weighted by Crippen LogP contribution is 2.19. The zero-order valence-corrected chi connectivity index (χ0v) is 17.3. The zero-order chi connectivity index (χ0) is 21.5. The first-order chi connectivity index (χ1) is 12.8. The summed E-state index contributed by atoms with van der Waals surface area (Å²) < 4.78 is 10.5. The fourth-order valence-corrected chi connectivity index (χ4v) is 2.17. The molecule has 28 heavy (non-hydrogen) atoms. The lowest BCUT2D eigenvalue weighted by molar-refractivity contribution is -0.142. The number of carbonyl (C=O) groups is 3. The number of nitrogens with zero attached hydrogens (tertiary/aromatic N) is 1. The highest BCUT2D eigenvalue weighted by molar-refractivity contribution is 5.93. The van der Waals surface area contributed by atoms with Crippen LogP contribution in [0.2, 0.25) is 0 Å². The van der Waals surface area contributed by atoms with Crippen LogP contribution >= 0.6 is 0 Å². The van der Waals surface area contributed by atoms with Crippen LogP contribution in [0.25, 0.3) is 6.08 Å². The minimum Gasteiger partial charge on any atom is -0.480 e. The number of imide groups is 1. The summed E-state index contributed by atoms with van der Waals surface area (Å²) in [6, 6.07) is 7.80. The molecule has 0 aliphatic heterocycles. The summed E-state index contributed by atoms with van der Waals surface area (Å²) in [5, 5.41) is 9.64. The number of carbonyl (C=O) groups excluding carboxylic acids is 2. The Bertz CT molecular complexity index is 685. The van der Waals surface area contributed by atoms with Gasteiger partial charge in [0.2, 0.25) is 0 Å². The normalized spacial score (nSPS) is 13.1. The second-order valence-corrected chi connectivity index (χ2v) is 8.23. The standard InChI is InChI=1S/C21H29NO6/c1-20(2,3)27-18(25)22(19(26)28-21(4,5)6)16(17(23)24)14-10-13-15-11-8-7-9-12-15/h7-13,16H,14H2,1-6H3,(H,23,24)/t16-/m0/s1. The van der Waals surface area contributed by atoms with Crippen molar-refractivity contribution >= 4 is 24.2 Å². The van der Waals surface area contributed by atoms with Crippen LogP contribution in [0.5, 0.6) is 0 Å². The Balaban J connectivity index is 3.13. The molecule has 0 unspecified atom stereocenters. The maximum absolute atomic E-state index is 12.6. The summed E-state index contributed by atoms with van der Waals surface area (Å²) in [5.41, 5.74) is -0.937. The van der Waals surface area contributed by atoms with E-state index in [4.69, 9.17) is 9.47 Å². The van der Waals surface area contributed by atoms with Gasteiger partial charge in [0.25, 0.3) is 0 Å². The molecule has 154 valence electrons. The maximum atomic E-state index is 12.6. The molecule has 7 heteroatoms. The zero-order valence-electron chi connectivity index (χ0n) is 17.3. The molecular weight excluding hydrogens is 362 g/mol. The third-order valence-electron chi connectivity index (χ3n) is 3.25. The summed E-state index contributed by atoms with van der Waals surface area (Å²) in [6.07, 6.45) is 1.08. The first-order valence-electron chi connectivity index (χ1n) is 9.00. The van der Waals surface area contributed by atoms with Crippen molar-refractivity contribution in [2.75, 3.05) is 0 Å². The Morgan fingerprint density at radius 3 is 1.82 bits per heavy atom. The first kappa shape index (κ1) is 23.2. The maximum Gasteiger partial charge on any atom is 0.420 e. The molecule has 1 aromatic rings. The summed E-state index contributed by atoms with van der Waals surface area (Å²) >= 11 is 0. The monoisotopic (exact) mass is 391 g/mol. The highest BCUT2D eigenvalue weighted by atomic mass is 16.6. The molecule has 0 saturated heterocycles. The molecule has 0 heterocycles. The molecule has 0 spiro atoms. The lowest BCUT2D eigenvalue weighted by Crippen LogP contribution is -2.51. The van der Waals surface area contributed by atoms with E-state index in [2.05, 4.69) is 0 Å². The van der Waals surface area contributed by atoms with E-state index in [9.17, 15) is 19.5 Å². The molecule has 0 aromatic heterocycles. The van der Waals surface area contributed by atoms with Crippen molar-refractivity contribution in [3.8, 4) is 0 Å². The van der Waals surface area contributed by atoms with Gasteiger partial charge in [-0.2, -0.15) is 4.90 Å². The van der Waals surface area contributed by atoms with Crippen molar-refractivity contribution in [2.24, 2.45) is 0 Å². The third-order valence-corrected chi connectivity index (χ3v) is 3.25. The van der Waals surface area contributed by atoms with Crippen molar-refractivity contribution < 1.29 is 29.0 Å². The predicted octanol–water partition coefficient (Wildman–Crippen LogP) is 4.72. The van der Waals surface area contributed by atoms with Gasteiger partial charge in [-0.3, -0.25) is 0 Å². The summed E-state index contributed by atoms with van der Waals surface area (Å²) in [7, 11) is 0. The van der Waals surface area contributed by atoms with Crippen molar-refractivity contribution in [3.63, 3.8) is 0 Å². The van der Waals surface area contributed by atoms with E-state index in [1.807, 2.05) is 30.3 Å². The van der Waals surface area contributed by atoms with Gasteiger partial charge < -0.3 is 14.6 Å². The van der Waals surface area contributed by atoms with Gasteiger partial charge in [-0.25, -0.2) is 14.4 Å². The van der Waals surface area contributed by atoms with Crippen molar-refractivity contribution in [1.82, 2.24) is 4.90 Å². The van der Waals surface area contributed by atoms with Crippen LogP contribution in [0.3, 0.4) is 0 Å². The Hall–Kier alpha value is -2.83. The minimum atomic E-state index is -1.47. The van der Waals surface area contributed by atoms with Gasteiger partial charge in [-0.15, -0.1) is 0 Å². The number of hydrogen-bond acceptors (Lipinski definition) is 5. The average Bonchev–Trinajstić information content (AvgIpc) is 2.51. The van der Waals surface area contributed by atoms with E-state index in [0.717, 1.165) is 5.56 Å². The number of rotatable bonds is 5. The van der Waals surface area contributed by atoms with Gasteiger partial charge in [-0.1, -0.05) is 42.5 Å². The van der Waals surface area contributed by atoms with Crippen molar-refractivity contribution in [3.05, 3.63) is 42.0 Å². The first-order valence-corrected chi connectivity index (χ1v) is 9.00. The molecule has 7 nitrogen and oxygen atoms in total.